The zero-order valence-electron chi connectivity index (χ0n) is 9.78. The number of carboxylic acid groups (broad SMARTS) is 1. The summed E-state index contributed by atoms with van der Waals surface area (Å²) in [7, 11) is 0. The third-order valence-electron chi connectivity index (χ3n) is 3.97. The zero-order valence-corrected chi connectivity index (χ0v) is 9.78. The normalized spacial score (nSPS) is 19.2. The van der Waals surface area contributed by atoms with Crippen LogP contribution in [0.15, 0.2) is 18.2 Å². The molecule has 0 bridgehead atoms. The van der Waals surface area contributed by atoms with Crippen LogP contribution in [0.2, 0.25) is 0 Å². The summed E-state index contributed by atoms with van der Waals surface area (Å²) in [5.74, 6) is -0.126. The summed E-state index contributed by atoms with van der Waals surface area (Å²) in [6.45, 7) is 0. The molecule has 2 aliphatic carbocycles. The van der Waals surface area contributed by atoms with Gasteiger partial charge < -0.3 is 5.11 Å². The van der Waals surface area contributed by atoms with Gasteiger partial charge in [-0.1, -0.05) is 37.5 Å². The molecule has 0 aliphatic heterocycles. The van der Waals surface area contributed by atoms with Crippen LogP contribution in [0.5, 0.6) is 0 Å². The molecule has 88 valence electrons. The van der Waals surface area contributed by atoms with Crippen LogP contribution in [0.3, 0.4) is 0 Å². The summed E-state index contributed by atoms with van der Waals surface area (Å²) in [6.07, 6.45) is 8.38. The highest BCUT2D eigenvalue weighted by Gasteiger charge is 2.24. The first-order valence-corrected chi connectivity index (χ1v) is 6.35. The highest BCUT2D eigenvalue weighted by atomic mass is 16.4. The van der Waals surface area contributed by atoms with Gasteiger partial charge in [0, 0.05) is 0 Å². The van der Waals surface area contributed by atoms with E-state index in [2.05, 4.69) is 12.1 Å². The van der Waals surface area contributed by atoms with Gasteiger partial charge in [-0.25, -0.2) is 4.79 Å². The van der Waals surface area contributed by atoms with Gasteiger partial charge in [-0.2, -0.15) is 0 Å². The van der Waals surface area contributed by atoms with Crippen LogP contribution in [0, 0.1) is 0 Å². The average molecular weight is 228 g/mol. The molecular formula is C15H16O2. The fraction of sp³-hybridized carbons (Fsp3) is 0.400. The van der Waals surface area contributed by atoms with Gasteiger partial charge in [0.2, 0.25) is 0 Å². The molecule has 1 aromatic rings. The molecular weight excluding hydrogens is 212 g/mol. The first kappa shape index (κ1) is 10.6. The molecule has 0 radical (unpaired) electrons. The van der Waals surface area contributed by atoms with Crippen LogP contribution in [0.25, 0.3) is 11.6 Å². The van der Waals surface area contributed by atoms with E-state index in [-0.39, 0.29) is 0 Å². The Balaban J connectivity index is 1.84. The Morgan fingerprint density at radius 1 is 1.18 bits per heavy atom. The highest BCUT2D eigenvalue weighted by molar-refractivity contribution is 6.26. The largest absolute Gasteiger partial charge is 0.478 e. The van der Waals surface area contributed by atoms with Crippen molar-refractivity contribution >= 4 is 17.6 Å². The van der Waals surface area contributed by atoms with Crippen molar-refractivity contribution in [3.05, 3.63) is 34.9 Å². The molecule has 0 aromatic heterocycles. The maximum absolute atomic E-state index is 10.9. The van der Waals surface area contributed by atoms with Crippen LogP contribution in [0.4, 0.5) is 0 Å². The lowest BCUT2D eigenvalue weighted by atomic mass is 9.80. The van der Waals surface area contributed by atoms with Gasteiger partial charge in [-0.05, 0) is 41.5 Å². The van der Waals surface area contributed by atoms with Crippen molar-refractivity contribution in [1.29, 1.82) is 0 Å². The third-order valence-corrected chi connectivity index (χ3v) is 3.97. The molecule has 1 saturated carbocycles. The minimum absolute atomic E-state index is 0.454. The van der Waals surface area contributed by atoms with Gasteiger partial charge in [0.15, 0.2) is 0 Å². The van der Waals surface area contributed by atoms with Crippen molar-refractivity contribution in [2.24, 2.45) is 0 Å². The number of hydrogen-bond donors (Lipinski definition) is 1. The summed E-state index contributed by atoms with van der Waals surface area (Å²) < 4.78 is 0. The van der Waals surface area contributed by atoms with Crippen LogP contribution < -0.4 is 0 Å². The SMILES string of the molecule is O=C(O)C1=Cc2cc(C3CCCCC3)ccc21. The van der Waals surface area contributed by atoms with Gasteiger partial charge in [0.25, 0.3) is 0 Å². The fourth-order valence-electron chi connectivity index (χ4n) is 2.97. The number of fused-ring (bicyclic) bond motifs is 1. The second-order valence-corrected chi connectivity index (χ2v) is 5.04. The molecule has 3 rings (SSSR count). The zero-order chi connectivity index (χ0) is 11.8. The topological polar surface area (TPSA) is 37.3 Å². The number of rotatable bonds is 2. The molecule has 0 unspecified atom stereocenters. The monoisotopic (exact) mass is 228 g/mol. The van der Waals surface area contributed by atoms with E-state index in [1.807, 2.05) is 6.07 Å². The fourth-order valence-corrected chi connectivity index (χ4v) is 2.97. The van der Waals surface area contributed by atoms with Gasteiger partial charge in [-0.15, -0.1) is 0 Å². The van der Waals surface area contributed by atoms with Crippen molar-refractivity contribution < 1.29 is 9.90 Å². The number of hydrogen-bond acceptors (Lipinski definition) is 1. The minimum Gasteiger partial charge on any atom is -0.478 e. The summed E-state index contributed by atoms with van der Waals surface area (Å²) in [5, 5.41) is 8.93. The van der Waals surface area contributed by atoms with Crippen molar-refractivity contribution in [3.8, 4) is 0 Å². The second-order valence-electron chi connectivity index (χ2n) is 5.04. The summed E-state index contributed by atoms with van der Waals surface area (Å²) in [6, 6.07) is 6.27. The standard InChI is InChI=1S/C15H16O2/c16-15(17)14-9-12-8-11(6-7-13(12)14)10-4-2-1-3-5-10/h6-10H,1-5H2,(H,16,17). The van der Waals surface area contributed by atoms with E-state index in [9.17, 15) is 4.79 Å². The Morgan fingerprint density at radius 2 is 1.94 bits per heavy atom. The lowest BCUT2D eigenvalue weighted by Crippen LogP contribution is -2.10. The van der Waals surface area contributed by atoms with E-state index in [4.69, 9.17) is 5.11 Å². The Hall–Kier alpha value is -1.57. The van der Waals surface area contributed by atoms with Crippen LogP contribution in [-0.4, -0.2) is 11.1 Å². The molecule has 0 atom stereocenters. The molecule has 1 aromatic carbocycles. The number of carboxylic acids is 1. The lowest BCUT2D eigenvalue weighted by Gasteiger charge is -2.24. The maximum atomic E-state index is 10.9. The molecule has 2 aliphatic rings. The Morgan fingerprint density at radius 3 is 2.59 bits per heavy atom. The number of carbonyl (C=O) groups is 1. The molecule has 0 spiro atoms. The summed E-state index contributed by atoms with van der Waals surface area (Å²) in [4.78, 5) is 10.9. The maximum Gasteiger partial charge on any atom is 0.336 e. The van der Waals surface area contributed by atoms with E-state index in [1.165, 1.54) is 37.7 Å². The first-order valence-electron chi connectivity index (χ1n) is 6.35. The van der Waals surface area contributed by atoms with E-state index < -0.39 is 5.97 Å². The molecule has 1 fully saturated rings. The van der Waals surface area contributed by atoms with Gasteiger partial charge >= 0.3 is 5.97 Å². The number of benzene rings is 1. The van der Waals surface area contributed by atoms with E-state index in [1.54, 1.807) is 6.08 Å². The molecule has 17 heavy (non-hydrogen) atoms. The van der Waals surface area contributed by atoms with Crippen molar-refractivity contribution in [2.45, 2.75) is 38.0 Å². The predicted molar refractivity (Wildman–Crippen MR) is 67.8 cm³/mol. The minimum atomic E-state index is -0.817. The molecule has 0 saturated heterocycles. The smallest absolute Gasteiger partial charge is 0.336 e. The highest BCUT2D eigenvalue weighted by Crippen LogP contribution is 2.38. The van der Waals surface area contributed by atoms with Crippen molar-refractivity contribution in [2.75, 3.05) is 0 Å². The molecule has 0 amide bonds. The quantitative estimate of drug-likeness (QED) is 0.838. The van der Waals surface area contributed by atoms with Crippen molar-refractivity contribution in [1.82, 2.24) is 0 Å². The predicted octanol–water partition coefficient (Wildman–Crippen LogP) is 3.67. The van der Waals surface area contributed by atoms with Gasteiger partial charge in [-0.3, -0.25) is 0 Å². The van der Waals surface area contributed by atoms with Gasteiger partial charge in [0.05, 0.1) is 5.57 Å². The van der Waals surface area contributed by atoms with Crippen LogP contribution in [0.1, 0.15) is 54.7 Å². The second kappa shape index (κ2) is 4.02. The lowest BCUT2D eigenvalue weighted by molar-refractivity contribution is -0.130. The van der Waals surface area contributed by atoms with E-state index in [0.29, 0.717) is 11.5 Å². The summed E-state index contributed by atoms with van der Waals surface area (Å²) in [5.41, 5.74) is 3.85. The third kappa shape index (κ3) is 1.78. The molecule has 2 heteroatoms. The Bertz CT molecular complexity index is 494. The van der Waals surface area contributed by atoms with Crippen LogP contribution in [-0.2, 0) is 4.79 Å². The first-order chi connectivity index (χ1) is 8.25. The Labute approximate surface area is 101 Å². The number of aliphatic carboxylic acids is 1. The summed E-state index contributed by atoms with van der Waals surface area (Å²) >= 11 is 0. The average Bonchev–Trinajstić information content (AvgIpc) is 2.31. The van der Waals surface area contributed by atoms with Gasteiger partial charge in [0.1, 0.15) is 0 Å². The van der Waals surface area contributed by atoms with Crippen molar-refractivity contribution in [3.63, 3.8) is 0 Å². The Kier molecular flexibility index (Phi) is 2.50. The van der Waals surface area contributed by atoms with E-state index >= 15 is 0 Å². The molecule has 2 nitrogen and oxygen atoms in total. The van der Waals surface area contributed by atoms with Crippen LogP contribution >= 0.6 is 0 Å². The molecule has 0 heterocycles. The molecule has 1 N–H and O–H groups in total. The van der Waals surface area contributed by atoms with E-state index in [0.717, 1.165) is 11.1 Å².